The average Bonchev–Trinajstić information content (AvgIpc) is 3.21. The molecule has 0 amide bonds. The Morgan fingerprint density at radius 2 is 1.71 bits per heavy atom. The Morgan fingerprint density at radius 1 is 1.08 bits per heavy atom. The Kier molecular flexibility index (Phi) is 8.06. The molecule has 0 radical (unpaired) electrons. The maximum absolute atomic E-state index is 13.9. The number of ether oxygens (including phenoxy) is 4. The summed E-state index contributed by atoms with van der Waals surface area (Å²) < 4.78 is 23.8. The first-order chi connectivity index (χ1) is 18.2. The van der Waals surface area contributed by atoms with Crippen LogP contribution in [-0.2, 0) is 9.53 Å². The first-order valence-corrected chi connectivity index (χ1v) is 13.1. The molecular weight excluding hydrogens is 504 g/mol. The van der Waals surface area contributed by atoms with Gasteiger partial charge in [-0.3, -0.25) is 9.36 Å². The van der Waals surface area contributed by atoms with Gasteiger partial charge in [-0.2, -0.15) is 0 Å². The topological polar surface area (TPSA) is 88.4 Å². The van der Waals surface area contributed by atoms with Crippen molar-refractivity contribution in [2.45, 2.75) is 39.7 Å². The molecule has 0 fully saturated rings. The van der Waals surface area contributed by atoms with Crippen molar-refractivity contribution in [3.8, 4) is 17.2 Å². The average molecular weight is 537 g/mol. The van der Waals surface area contributed by atoms with E-state index in [4.69, 9.17) is 18.9 Å². The van der Waals surface area contributed by atoms with E-state index < -0.39 is 12.0 Å². The van der Waals surface area contributed by atoms with Gasteiger partial charge in [0.2, 0.25) is 5.75 Å². The van der Waals surface area contributed by atoms with Crippen molar-refractivity contribution >= 4 is 23.4 Å². The van der Waals surface area contributed by atoms with Crippen LogP contribution in [-0.4, -0.2) is 38.5 Å². The summed E-state index contributed by atoms with van der Waals surface area (Å²) in [6, 6.07) is 10.9. The second kappa shape index (κ2) is 11.3. The number of fused-ring (bicyclic) bond motifs is 1. The minimum Gasteiger partial charge on any atom is -0.493 e. The van der Waals surface area contributed by atoms with Crippen molar-refractivity contribution in [2.24, 2.45) is 4.99 Å². The number of carbonyl (C=O) groups excluding carboxylic acids is 1. The Balaban J connectivity index is 1.93. The molecule has 9 heteroatoms. The molecule has 8 nitrogen and oxygen atoms in total. The van der Waals surface area contributed by atoms with E-state index in [9.17, 15) is 9.59 Å². The van der Waals surface area contributed by atoms with E-state index in [1.54, 1.807) is 50.8 Å². The zero-order chi connectivity index (χ0) is 27.6. The summed E-state index contributed by atoms with van der Waals surface area (Å²) in [6.07, 6.45) is 1.76. The standard InChI is InChI=1S/C29H32N2O6S/c1-8-37-28(33)24-17(4)30-29-31(25(24)20-11-9-19(10-12-20)16(2)3)27(32)23(38-29)15-18-13-21(34-5)26(36-7)22(14-18)35-6/h9-16,25H,8H2,1-7H3/b23-15-/t25-/m1/s1. The Hall–Kier alpha value is -3.85. The summed E-state index contributed by atoms with van der Waals surface area (Å²) in [7, 11) is 4.62. The molecule has 1 aliphatic heterocycles. The third-order valence-corrected chi connectivity index (χ3v) is 7.40. The van der Waals surface area contributed by atoms with Gasteiger partial charge in [-0.25, -0.2) is 9.79 Å². The largest absolute Gasteiger partial charge is 0.493 e. The summed E-state index contributed by atoms with van der Waals surface area (Å²) in [5, 5.41) is 0. The van der Waals surface area contributed by atoms with Crippen molar-refractivity contribution in [3.05, 3.63) is 84.0 Å². The van der Waals surface area contributed by atoms with E-state index in [-0.39, 0.29) is 12.2 Å². The number of methoxy groups -OCH3 is 3. The van der Waals surface area contributed by atoms with E-state index in [0.29, 0.717) is 49.3 Å². The lowest BCUT2D eigenvalue weighted by Crippen LogP contribution is -2.39. The molecule has 0 N–H and O–H groups in total. The highest BCUT2D eigenvalue weighted by molar-refractivity contribution is 7.07. The van der Waals surface area contributed by atoms with Crippen molar-refractivity contribution in [1.82, 2.24) is 4.57 Å². The molecule has 1 aliphatic rings. The van der Waals surface area contributed by atoms with Gasteiger partial charge in [-0.05, 0) is 54.7 Å². The third-order valence-electron chi connectivity index (χ3n) is 6.42. The number of thiazole rings is 1. The Labute approximate surface area is 225 Å². The first-order valence-electron chi connectivity index (χ1n) is 12.3. The van der Waals surface area contributed by atoms with Crippen LogP contribution in [0.5, 0.6) is 17.2 Å². The number of esters is 1. The predicted molar refractivity (Wildman–Crippen MR) is 147 cm³/mol. The summed E-state index contributed by atoms with van der Waals surface area (Å²) in [5.74, 6) is 1.30. The number of aromatic nitrogens is 1. The molecule has 0 bridgehead atoms. The van der Waals surface area contributed by atoms with Gasteiger partial charge in [0.15, 0.2) is 16.3 Å². The number of rotatable bonds is 8. The minimum absolute atomic E-state index is 0.222. The van der Waals surface area contributed by atoms with E-state index >= 15 is 0 Å². The number of hydrogen-bond acceptors (Lipinski definition) is 8. The highest BCUT2D eigenvalue weighted by Gasteiger charge is 2.33. The Morgan fingerprint density at radius 3 is 2.24 bits per heavy atom. The van der Waals surface area contributed by atoms with E-state index in [2.05, 4.69) is 18.8 Å². The monoisotopic (exact) mass is 536 g/mol. The van der Waals surface area contributed by atoms with Crippen LogP contribution < -0.4 is 29.1 Å². The molecule has 0 unspecified atom stereocenters. The fourth-order valence-electron chi connectivity index (χ4n) is 4.51. The van der Waals surface area contributed by atoms with Crippen LogP contribution in [0.25, 0.3) is 6.08 Å². The van der Waals surface area contributed by atoms with Crippen LogP contribution in [0.1, 0.15) is 56.3 Å². The SMILES string of the molecule is CCOC(=O)C1=C(C)N=c2s/c(=C\c3cc(OC)c(OC)c(OC)c3)c(=O)n2[C@@H]1c1ccc(C(C)C)cc1. The molecule has 3 aromatic rings. The molecule has 2 aromatic carbocycles. The molecule has 0 saturated carbocycles. The van der Waals surface area contributed by atoms with E-state index in [1.165, 1.54) is 24.0 Å². The summed E-state index contributed by atoms with van der Waals surface area (Å²) in [4.78, 5) is 32.1. The predicted octanol–water partition coefficient (Wildman–Crippen LogP) is 3.95. The number of allylic oxidation sites excluding steroid dienone is 1. The van der Waals surface area contributed by atoms with Crippen molar-refractivity contribution in [1.29, 1.82) is 0 Å². The molecule has 2 heterocycles. The lowest BCUT2D eigenvalue weighted by atomic mass is 9.93. The minimum atomic E-state index is -0.659. The molecule has 0 saturated heterocycles. The van der Waals surface area contributed by atoms with Crippen LogP contribution in [0.2, 0.25) is 0 Å². The zero-order valence-corrected chi connectivity index (χ0v) is 23.5. The van der Waals surface area contributed by atoms with Crippen LogP contribution in [0.15, 0.2) is 57.5 Å². The molecule has 0 spiro atoms. The van der Waals surface area contributed by atoms with Crippen LogP contribution in [0.3, 0.4) is 0 Å². The second-order valence-corrected chi connectivity index (χ2v) is 10.1. The molecule has 0 aliphatic carbocycles. The van der Waals surface area contributed by atoms with Crippen molar-refractivity contribution < 1.29 is 23.7 Å². The van der Waals surface area contributed by atoms with Gasteiger partial charge < -0.3 is 18.9 Å². The maximum atomic E-state index is 13.9. The summed E-state index contributed by atoms with van der Waals surface area (Å²) in [5.41, 5.74) is 3.31. The lowest BCUT2D eigenvalue weighted by Gasteiger charge is -2.25. The van der Waals surface area contributed by atoms with Crippen LogP contribution >= 0.6 is 11.3 Å². The number of benzene rings is 2. The molecular formula is C29H32N2O6S. The molecule has 4 rings (SSSR count). The smallest absolute Gasteiger partial charge is 0.338 e. The van der Waals surface area contributed by atoms with Gasteiger partial charge in [0.25, 0.3) is 5.56 Å². The van der Waals surface area contributed by atoms with Crippen LogP contribution in [0, 0.1) is 0 Å². The molecule has 1 aromatic heterocycles. The van der Waals surface area contributed by atoms with Crippen molar-refractivity contribution in [3.63, 3.8) is 0 Å². The molecule has 1 atom stereocenters. The van der Waals surface area contributed by atoms with Gasteiger partial charge in [-0.15, -0.1) is 0 Å². The summed E-state index contributed by atoms with van der Waals surface area (Å²) >= 11 is 1.26. The number of hydrogen-bond donors (Lipinski definition) is 0. The maximum Gasteiger partial charge on any atom is 0.338 e. The van der Waals surface area contributed by atoms with Gasteiger partial charge in [-0.1, -0.05) is 49.4 Å². The van der Waals surface area contributed by atoms with Gasteiger partial charge in [0, 0.05) is 0 Å². The number of nitrogens with zero attached hydrogens (tertiary/aromatic N) is 2. The van der Waals surface area contributed by atoms with Crippen LogP contribution in [0.4, 0.5) is 0 Å². The quantitative estimate of drug-likeness (QED) is 0.405. The first kappa shape index (κ1) is 27.2. The molecule has 38 heavy (non-hydrogen) atoms. The third kappa shape index (κ3) is 4.98. The Bertz CT molecular complexity index is 1540. The van der Waals surface area contributed by atoms with E-state index in [0.717, 1.165) is 5.56 Å². The zero-order valence-electron chi connectivity index (χ0n) is 22.7. The lowest BCUT2D eigenvalue weighted by molar-refractivity contribution is -0.139. The fourth-order valence-corrected chi connectivity index (χ4v) is 5.55. The summed E-state index contributed by atoms with van der Waals surface area (Å²) in [6.45, 7) is 8.00. The number of carbonyl (C=O) groups is 1. The van der Waals surface area contributed by atoms with Gasteiger partial charge >= 0.3 is 5.97 Å². The highest BCUT2D eigenvalue weighted by Crippen LogP contribution is 2.38. The van der Waals surface area contributed by atoms with Gasteiger partial charge in [0.1, 0.15) is 0 Å². The van der Waals surface area contributed by atoms with E-state index in [1.807, 2.05) is 24.3 Å². The fraction of sp³-hybridized carbons (Fsp3) is 0.345. The van der Waals surface area contributed by atoms with Crippen molar-refractivity contribution in [2.75, 3.05) is 27.9 Å². The highest BCUT2D eigenvalue weighted by atomic mass is 32.1. The molecule has 200 valence electrons. The van der Waals surface area contributed by atoms with Gasteiger partial charge in [0.05, 0.1) is 49.8 Å². The second-order valence-electron chi connectivity index (χ2n) is 9.08. The normalized spacial score (nSPS) is 15.3.